The van der Waals surface area contributed by atoms with Crippen molar-refractivity contribution in [1.82, 2.24) is 10.9 Å². The van der Waals surface area contributed by atoms with Gasteiger partial charge in [0.05, 0.1) is 7.11 Å². The number of amides is 2. The Balaban J connectivity index is 1.48. The Bertz CT molecular complexity index is 1010. The predicted octanol–water partition coefficient (Wildman–Crippen LogP) is 3.60. The molecule has 0 aliphatic rings. The zero-order chi connectivity index (χ0) is 21.2. The highest BCUT2D eigenvalue weighted by atomic mass is 16.5. The van der Waals surface area contributed by atoms with Crippen molar-refractivity contribution in [3.8, 4) is 22.6 Å². The average Bonchev–Trinajstić information content (AvgIpc) is 2.81. The standard InChI is InChI=1S/C24H22N2O4/c1-29-20-14-11-18(12-15-20)13-16-23(27)25-26-24(28)17-30-22-10-6-5-9-21(22)19-7-3-2-4-8-19/h2-16H,17H2,1H3,(H,25,27)(H,26,28). The van der Waals surface area contributed by atoms with E-state index in [9.17, 15) is 9.59 Å². The van der Waals surface area contributed by atoms with E-state index in [1.54, 1.807) is 31.4 Å². The van der Waals surface area contributed by atoms with Gasteiger partial charge in [0.25, 0.3) is 11.8 Å². The molecule has 0 atom stereocenters. The van der Waals surface area contributed by atoms with Crippen LogP contribution in [0.1, 0.15) is 5.56 Å². The summed E-state index contributed by atoms with van der Waals surface area (Å²) in [6, 6.07) is 24.5. The van der Waals surface area contributed by atoms with Gasteiger partial charge < -0.3 is 9.47 Å². The summed E-state index contributed by atoms with van der Waals surface area (Å²) in [6.07, 6.45) is 2.96. The highest BCUT2D eigenvalue weighted by Crippen LogP contribution is 2.29. The Kier molecular flexibility index (Phi) is 7.22. The van der Waals surface area contributed by atoms with Crippen LogP contribution in [0.2, 0.25) is 0 Å². The molecule has 30 heavy (non-hydrogen) atoms. The molecule has 0 aliphatic heterocycles. The largest absolute Gasteiger partial charge is 0.497 e. The lowest BCUT2D eigenvalue weighted by molar-refractivity contribution is -0.128. The minimum Gasteiger partial charge on any atom is -0.497 e. The van der Waals surface area contributed by atoms with Crippen LogP contribution in [0.3, 0.4) is 0 Å². The number of carbonyl (C=O) groups is 2. The van der Waals surface area contributed by atoms with Gasteiger partial charge >= 0.3 is 0 Å². The Morgan fingerprint density at radius 2 is 1.57 bits per heavy atom. The Morgan fingerprint density at radius 1 is 0.867 bits per heavy atom. The first-order chi connectivity index (χ1) is 14.7. The predicted molar refractivity (Wildman–Crippen MR) is 116 cm³/mol. The van der Waals surface area contributed by atoms with Gasteiger partial charge in [-0.05, 0) is 35.4 Å². The van der Waals surface area contributed by atoms with E-state index >= 15 is 0 Å². The van der Waals surface area contributed by atoms with Crippen LogP contribution in [0.25, 0.3) is 17.2 Å². The van der Waals surface area contributed by atoms with E-state index in [1.807, 2.05) is 60.7 Å². The van der Waals surface area contributed by atoms with Crippen LogP contribution in [0.4, 0.5) is 0 Å². The number of hydrogen-bond donors (Lipinski definition) is 2. The normalized spacial score (nSPS) is 10.4. The van der Waals surface area contributed by atoms with Crippen LogP contribution in [0.15, 0.2) is 84.9 Å². The van der Waals surface area contributed by atoms with Crippen molar-refractivity contribution < 1.29 is 19.1 Å². The summed E-state index contributed by atoms with van der Waals surface area (Å²) >= 11 is 0. The Hall–Kier alpha value is -4.06. The molecule has 0 radical (unpaired) electrons. The summed E-state index contributed by atoms with van der Waals surface area (Å²) in [6.45, 7) is -0.230. The molecule has 0 bridgehead atoms. The number of carbonyl (C=O) groups excluding carboxylic acids is 2. The van der Waals surface area contributed by atoms with Gasteiger partial charge in [-0.3, -0.25) is 20.4 Å². The van der Waals surface area contributed by atoms with Crippen LogP contribution in [-0.2, 0) is 9.59 Å². The molecule has 0 saturated heterocycles. The highest BCUT2D eigenvalue weighted by molar-refractivity contribution is 5.93. The van der Waals surface area contributed by atoms with Gasteiger partial charge in [-0.15, -0.1) is 0 Å². The van der Waals surface area contributed by atoms with Gasteiger partial charge in [0.2, 0.25) is 0 Å². The van der Waals surface area contributed by atoms with Crippen LogP contribution in [0, 0.1) is 0 Å². The first-order valence-corrected chi connectivity index (χ1v) is 9.34. The molecule has 3 aromatic rings. The molecule has 2 amide bonds. The van der Waals surface area contributed by atoms with Gasteiger partial charge in [0.15, 0.2) is 6.61 Å². The summed E-state index contributed by atoms with van der Waals surface area (Å²) in [5.41, 5.74) is 7.37. The van der Waals surface area contributed by atoms with Crippen LogP contribution < -0.4 is 20.3 Å². The van der Waals surface area contributed by atoms with E-state index in [0.717, 1.165) is 22.4 Å². The number of para-hydroxylation sites is 1. The molecule has 0 aliphatic carbocycles. The van der Waals surface area contributed by atoms with Crippen LogP contribution in [0.5, 0.6) is 11.5 Å². The van der Waals surface area contributed by atoms with E-state index in [1.165, 1.54) is 6.08 Å². The average molecular weight is 402 g/mol. The quantitative estimate of drug-likeness (QED) is 0.468. The monoisotopic (exact) mass is 402 g/mol. The van der Waals surface area contributed by atoms with Crippen molar-refractivity contribution in [1.29, 1.82) is 0 Å². The van der Waals surface area contributed by atoms with E-state index < -0.39 is 11.8 Å². The lowest BCUT2D eigenvalue weighted by Crippen LogP contribution is -2.43. The minimum atomic E-state index is -0.468. The van der Waals surface area contributed by atoms with Gasteiger partial charge in [-0.1, -0.05) is 60.7 Å². The molecule has 3 aromatic carbocycles. The van der Waals surface area contributed by atoms with Crippen molar-refractivity contribution in [2.24, 2.45) is 0 Å². The second-order valence-corrected chi connectivity index (χ2v) is 6.29. The van der Waals surface area contributed by atoms with Crippen molar-refractivity contribution >= 4 is 17.9 Å². The first-order valence-electron chi connectivity index (χ1n) is 9.34. The highest BCUT2D eigenvalue weighted by Gasteiger charge is 2.08. The van der Waals surface area contributed by atoms with Gasteiger partial charge in [0.1, 0.15) is 11.5 Å². The molecule has 152 valence electrons. The van der Waals surface area contributed by atoms with Crippen LogP contribution >= 0.6 is 0 Å². The summed E-state index contributed by atoms with van der Waals surface area (Å²) in [5.74, 6) is 0.398. The Morgan fingerprint density at radius 3 is 2.30 bits per heavy atom. The fourth-order valence-electron chi connectivity index (χ4n) is 2.69. The molecule has 0 saturated carbocycles. The fraction of sp³-hybridized carbons (Fsp3) is 0.0833. The number of methoxy groups -OCH3 is 1. The zero-order valence-corrected chi connectivity index (χ0v) is 16.5. The van der Waals surface area contributed by atoms with E-state index in [4.69, 9.17) is 9.47 Å². The molecule has 0 spiro atoms. The molecular formula is C24H22N2O4. The SMILES string of the molecule is COc1ccc(C=CC(=O)NNC(=O)COc2ccccc2-c2ccccc2)cc1. The van der Waals surface area contributed by atoms with Gasteiger partial charge in [0, 0.05) is 11.6 Å². The minimum absolute atomic E-state index is 0.230. The summed E-state index contributed by atoms with van der Waals surface area (Å²) in [4.78, 5) is 23.9. The van der Waals surface area contributed by atoms with Gasteiger partial charge in [-0.2, -0.15) is 0 Å². The lowest BCUT2D eigenvalue weighted by atomic mass is 10.1. The maximum Gasteiger partial charge on any atom is 0.276 e. The summed E-state index contributed by atoms with van der Waals surface area (Å²) in [5, 5.41) is 0. The molecule has 0 heterocycles. The second kappa shape index (κ2) is 10.5. The first kappa shape index (κ1) is 20.7. The number of rotatable bonds is 7. The maximum atomic E-state index is 12.0. The fourth-order valence-corrected chi connectivity index (χ4v) is 2.69. The molecule has 0 fully saturated rings. The summed E-state index contributed by atoms with van der Waals surface area (Å²) in [7, 11) is 1.59. The topological polar surface area (TPSA) is 76.7 Å². The summed E-state index contributed by atoms with van der Waals surface area (Å²) < 4.78 is 10.7. The number of benzene rings is 3. The number of nitrogens with one attached hydrogen (secondary N) is 2. The third kappa shape index (κ3) is 5.97. The molecule has 0 unspecified atom stereocenters. The van der Waals surface area contributed by atoms with E-state index in [0.29, 0.717) is 5.75 Å². The second-order valence-electron chi connectivity index (χ2n) is 6.29. The lowest BCUT2D eigenvalue weighted by Gasteiger charge is -2.12. The maximum absolute atomic E-state index is 12.0. The molecular weight excluding hydrogens is 380 g/mol. The Labute approximate surface area is 175 Å². The third-order valence-corrected chi connectivity index (χ3v) is 4.20. The van der Waals surface area contributed by atoms with Crippen molar-refractivity contribution in [3.05, 3.63) is 90.5 Å². The van der Waals surface area contributed by atoms with E-state index in [-0.39, 0.29) is 6.61 Å². The third-order valence-electron chi connectivity index (χ3n) is 4.20. The molecule has 6 heteroatoms. The molecule has 3 rings (SSSR count). The molecule has 0 aromatic heterocycles. The van der Waals surface area contributed by atoms with Gasteiger partial charge in [-0.25, -0.2) is 0 Å². The van der Waals surface area contributed by atoms with E-state index in [2.05, 4.69) is 10.9 Å². The molecule has 6 nitrogen and oxygen atoms in total. The number of hydrazine groups is 1. The zero-order valence-electron chi connectivity index (χ0n) is 16.5. The number of ether oxygens (including phenoxy) is 2. The van der Waals surface area contributed by atoms with Crippen molar-refractivity contribution in [3.63, 3.8) is 0 Å². The smallest absolute Gasteiger partial charge is 0.276 e. The molecule has 2 N–H and O–H groups in total. The van der Waals surface area contributed by atoms with Crippen LogP contribution in [-0.4, -0.2) is 25.5 Å². The number of hydrogen-bond acceptors (Lipinski definition) is 4. The van der Waals surface area contributed by atoms with Crippen molar-refractivity contribution in [2.45, 2.75) is 0 Å². The van der Waals surface area contributed by atoms with Crippen molar-refractivity contribution in [2.75, 3.05) is 13.7 Å².